The Hall–Kier alpha value is -4.69. The Morgan fingerprint density at radius 3 is 2.48 bits per heavy atom. The summed E-state index contributed by atoms with van der Waals surface area (Å²) in [5, 5.41) is 19.4. The van der Waals surface area contributed by atoms with E-state index in [2.05, 4.69) is 60.1 Å². The molecule has 2 heterocycles. The van der Waals surface area contributed by atoms with Gasteiger partial charge in [-0.1, -0.05) is 53.6 Å². The minimum Gasteiger partial charge on any atom is -0.460 e. The molecule has 0 radical (unpaired) electrons. The maximum Gasteiger partial charge on any atom is 0.410 e. The number of nitrogens with one attached hydrogen (secondary N) is 3. The van der Waals surface area contributed by atoms with E-state index in [-0.39, 0.29) is 35.6 Å². The molecule has 1 aliphatic rings. The van der Waals surface area contributed by atoms with Gasteiger partial charge in [-0.25, -0.2) is 9.18 Å². The highest BCUT2D eigenvalue weighted by Crippen LogP contribution is 2.28. The molecule has 9 nitrogen and oxygen atoms in total. The number of halogens is 2. The number of hydrogen-bond acceptors (Lipinski definition) is 7. The van der Waals surface area contributed by atoms with Crippen molar-refractivity contribution in [2.24, 2.45) is 0 Å². The second-order valence-corrected chi connectivity index (χ2v) is 14.8. The fraction of sp³-hybridized carbons (Fsp3) is 0.390. The topological polar surface area (TPSA) is 120 Å². The number of carbonyl (C=O) groups is 2. The fourth-order valence-corrected chi connectivity index (χ4v) is 6.27. The normalized spacial score (nSPS) is 17.2. The van der Waals surface area contributed by atoms with Gasteiger partial charge in [-0.2, -0.15) is 5.26 Å². The highest BCUT2D eigenvalue weighted by atomic mass is 35.5. The van der Waals surface area contributed by atoms with Crippen molar-refractivity contribution in [3.63, 3.8) is 0 Å². The molecule has 0 bridgehead atoms. The van der Waals surface area contributed by atoms with Gasteiger partial charge in [0.2, 0.25) is 0 Å². The van der Waals surface area contributed by atoms with Crippen LogP contribution in [0.15, 0.2) is 83.3 Å². The molecule has 3 N–H and O–H groups in total. The Morgan fingerprint density at radius 2 is 1.81 bits per heavy atom. The van der Waals surface area contributed by atoms with Gasteiger partial charge in [0.15, 0.2) is 0 Å². The summed E-state index contributed by atoms with van der Waals surface area (Å²) >= 11 is 6.57. The van der Waals surface area contributed by atoms with Crippen LogP contribution in [0.5, 0.6) is 0 Å². The summed E-state index contributed by atoms with van der Waals surface area (Å²) in [6.45, 7) is 10.5. The van der Waals surface area contributed by atoms with Crippen LogP contribution in [-0.2, 0) is 17.7 Å². The Balaban J connectivity index is 1.25. The molecule has 274 valence electrons. The van der Waals surface area contributed by atoms with Crippen LogP contribution < -0.4 is 16.0 Å². The van der Waals surface area contributed by atoms with E-state index in [0.29, 0.717) is 42.8 Å². The second kappa shape index (κ2) is 17.2. The van der Waals surface area contributed by atoms with Gasteiger partial charge < -0.3 is 30.0 Å². The predicted molar refractivity (Wildman–Crippen MR) is 201 cm³/mol. The standard InChI is InChI=1S/C41H47ClFN5O4/c1-26-6-12-30(13-7-26)27(2)45-24-33-15-17-38(51-33)31-14-16-35(42)34(21-31)39(49)47-32(20-28-8-10-29(22-44)11-9-28)23-46-37-18-19-48(25-36(37)43)40(50)52-41(3,4)5/h6-17,21,27,32,36-37,45-46H,18-20,23-25H2,1-5H3,(H,47,49)/t27?,32-,36?,37?/m1/s1. The Bertz CT molecular complexity index is 1870. The van der Waals surface area contributed by atoms with Crippen LogP contribution in [0, 0.1) is 18.3 Å². The molecule has 1 aliphatic heterocycles. The number of carbonyl (C=O) groups excluding carboxylic acids is 2. The van der Waals surface area contributed by atoms with Crippen LogP contribution >= 0.6 is 11.6 Å². The van der Waals surface area contributed by atoms with Gasteiger partial charge in [0.25, 0.3) is 5.91 Å². The first kappa shape index (κ1) is 38.5. The monoisotopic (exact) mass is 727 g/mol. The fourth-order valence-electron chi connectivity index (χ4n) is 6.07. The van der Waals surface area contributed by atoms with Crippen LogP contribution in [0.3, 0.4) is 0 Å². The van der Waals surface area contributed by atoms with Crippen LogP contribution in [0.4, 0.5) is 9.18 Å². The van der Waals surface area contributed by atoms with E-state index in [1.807, 2.05) is 30.3 Å². The van der Waals surface area contributed by atoms with Gasteiger partial charge in [-0.3, -0.25) is 4.79 Å². The highest BCUT2D eigenvalue weighted by molar-refractivity contribution is 6.34. The summed E-state index contributed by atoms with van der Waals surface area (Å²) in [6, 6.07) is 25.8. The van der Waals surface area contributed by atoms with Gasteiger partial charge in [0.05, 0.1) is 35.3 Å². The number of amides is 2. The smallest absolute Gasteiger partial charge is 0.410 e. The Labute approximate surface area is 310 Å². The van der Waals surface area contributed by atoms with Crippen LogP contribution in [0.2, 0.25) is 5.02 Å². The number of ether oxygens (including phenoxy) is 1. The summed E-state index contributed by atoms with van der Waals surface area (Å²) in [4.78, 5) is 27.7. The van der Waals surface area contributed by atoms with Crippen molar-refractivity contribution < 1.29 is 23.1 Å². The van der Waals surface area contributed by atoms with Crippen LogP contribution in [0.25, 0.3) is 11.3 Å². The molecule has 1 fully saturated rings. The van der Waals surface area contributed by atoms with Crippen LogP contribution in [0.1, 0.15) is 78.5 Å². The van der Waals surface area contributed by atoms with Crippen molar-refractivity contribution >= 4 is 23.6 Å². The van der Waals surface area contributed by atoms with E-state index < -0.39 is 29.9 Å². The van der Waals surface area contributed by atoms with E-state index in [9.17, 15) is 14.9 Å². The molecule has 5 rings (SSSR count). The van der Waals surface area contributed by atoms with Gasteiger partial charge in [-0.05, 0) is 101 Å². The molecule has 2 amide bonds. The van der Waals surface area contributed by atoms with E-state index >= 15 is 4.39 Å². The minimum absolute atomic E-state index is 0.0854. The lowest BCUT2D eigenvalue weighted by atomic mass is 10.0. The molecule has 1 aromatic heterocycles. The first-order valence-electron chi connectivity index (χ1n) is 17.6. The molecule has 3 unspecified atom stereocenters. The summed E-state index contributed by atoms with van der Waals surface area (Å²) in [6.07, 6.45) is -1.05. The minimum atomic E-state index is -1.32. The van der Waals surface area contributed by atoms with Crippen LogP contribution in [-0.4, -0.2) is 60.4 Å². The number of nitrogens with zero attached hydrogens (tertiary/aromatic N) is 2. The number of benzene rings is 3. The number of piperidine rings is 1. The molecule has 11 heteroatoms. The number of nitriles is 1. The Morgan fingerprint density at radius 1 is 1.08 bits per heavy atom. The molecule has 1 saturated heterocycles. The molecule has 3 aromatic carbocycles. The first-order chi connectivity index (χ1) is 24.8. The first-order valence-corrected chi connectivity index (χ1v) is 18.0. The summed E-state index contributed by atoms with van der Waals surface area (Å²) < 4.78 is 26.9. The van der Waals surface area contributed by atoms with Crippen molar-refractivity contribution in [1.29, 1.82) is 5.26 Å². The van der Waals surface area contributed by atoms with Crippen molar-refractivity contribution in [2.45, 2.75) is 83.9 Å². The van der Waals surface area contributed by atoms with E-state index in [1.54, 1.807) is 45.0 Å². The number of hydrogen-bond donors (Lipinski definition) is 3. The third-order valence-corrected chi connectivity index (χ3v) is 9.37. The Kier molecular flexibility index (Phi) is 12.8. The summed E-state index contributed by atoms with van der Waals surface area (Å²) in [7, 11) is 0. The van der Waals surface area contributed by atoms with Gasteiger partial charge in [0.1, 0.15) is 23.3 Å². The molecule has 4 atom stereocenters. The SMILES string of the molecule is Cc1ccc(C(C)NCc2ccc(-c3ccc(Cl)c(C(=O)N[C@@H](CNC4CCN(C(=O)OC(C)(C)C)CC4F)Cc4ccc(C#N)cc4)c3)o2)cc1. The number of likely N-dealkylation sites (tertiary alicyclic amines) is 1. The quantitative estimate of drug-likeness (QED) is 0.136. The molecular weight excluding hydrogens is 681 g/mol. The zero-order valence-corrected chi connectivity index (χ0v) is 31.1. The number of aryl methyl sites for hydroxylation is 1. The molecule has 52 heavy (non-hydrogen) atoms. The van der Waals surface area contributed by atoms with Crippen molar-refractivity contribution in [3.8, 4) is 17.4 Å². The zero-order valence-electron chi connectivity index (χ0n) is 30.3. The average molecular weight is 728 g/mol. The lowest BCUT2D eigenvalue weighted by molar-refractivity contribution is 0.00929. The maximum absolute atomic E-state index is 15.4. The van der Waals surface area contributed by atoms with Crippen molar-refractivity contribution in [3.05, 3.63) is 117 Å². The number of alkyl halides is 1. The average Bonchev–Trinajstić information content (AvgIpc) is 3.59. The summed E-state index contributed by atoms with van der Waals surface area (Å²) in [5.74, 6) is 0.976. The predicted octanol–water partition coefficient (Wildman–Crippen LogP) is 7.91. The van der Waals surface area contributed by atoms with E-state index in [0.717, 1.165) is 11.3 Å². The molecule has 0 spiro atoms. The second-order valence-electron chi connectivity index (χ2n) is 14.4. The lowest BCUT2D eigenvalue weighted by Gasteiger charge is -2.36. The molecule has 0 aliphatic carbocycles. The zero-order chi connectivity index (χ0) is 37.4. The van der Waals surface area contributed by atoms with Gasteiger partial charge >= 0.3 is 6.09 Å². The third kappa shape index (κ3) is 10.7. The number of rotatable bonds is 12. The maximum atomic E-state index is 15.4. The highest BCUT2D eigenvalue weighted by Gasteiger charge is 2.34. The van der Waals surface area contributed by atoms with Gasteiger partial charge in [-0.15, -0.1) is 0 Å². The number of furan rings is 1. The van der Waals surface area contributed by atoms with Gasteiger partial charge in [0, 0.05) is 36.8 Å². The molecule has 0 saturated carbocycles. The largest absolute Gasteiger partial charge is 0.460 e. The third-order valence-electron chi connectivity index (χ3n) is 9.04. The molecule has 4 aromatic rings. The molecular formula is C41H47ClFN5O4. The lowest BCUT2D eigenvalue weighted by Crippen LogP contribution is -2.55. The van der Waals surface area contributed by atoms with E-state index in [1.165, 1.54) is 16.0 Å². The van der Waals surface area contributed by atoms with E-state index in [4.69, 9.17) is 20.8 Å². The van der Waals surface area contributed by atoms with Crippen molar-refractivity contribution in [1.82, 2.24) is 20.9 Å². The van der Waals surface area contributed by atoms with Crippen molar-refractivity contribution in [2.75, 3.05) is 19.6 Å². The summed E-state index contributed by atoms with van der Waals surface area (Å²) in [5.41, 5.74) is 4.14.